The van der Waals surface area contributed by atoms with E-state index in [-0.39, 0.29) is 0 Å². The van der Waals surface area contributed by atoms with Crippen molar-refractivity contribution >= 4 is 22.1 Å². The number of nitrogens with one attached hydrogen (secondary N) is 1. The van der Waals surface area contributed by atoms with Crippen LogP contribution in [-0.2, 0) is 4.74 Å². The second-order valence-electron chi connectivity index (χ2n) is 5.13. The van der Waals surface area contributed by atoms with Gasteiger partial charge in [0.05, 0.1) is 6.61 Å². The Bertz CT molecular complexity index is 591. The zero-order valence-electron chi connectivity index (χ0n) is 11.1. The van der Waals surface area contributed by atoms with Crippen LogP contribution in [0.15, 0.2) is 24.4 Å². The fourth-order valence-corrected chi connectivity index (χ4v) is 2.57. The predicted octanol–water partition coefficient (Wildman–Crippen LogP) is 2.72. The molecule has 0 radical (unpaired) electrons. The molecule has 1 aliphatic rings. The lowest BCUT2D eigenvalue weighted by atomic mass is 10.1. The van der Waals surface area contributed by atoms with Crippen LogP contribution in [0, 0.1) is 6.92 Å². The van der Waals surface area contributed by atoms with E-state index in [1.54, 1.807) is 0 Å². The van der Waals surface area contributed by atoms with E-state index in [1.807, 2.05) is 25.3 Å². The summed E-state index contributed by atoms with van der Waals surface area (Å²) in [6, 6.07) is 6.45. The van der Waals surface area contributed by atoms with Gasteiger partial charge in [0.25, 0.3) is 0 Å². The molecular weight excluding hydrogens is 238 g/mol. The number of nitrogen functional groups attached to an aromatic ring is 1. The average Bonchev–Trinajstić information content (AvgIpc) is 2.43. The van der Waals surface area contributed by atoms with Crippen molar-refractivity contribution < 1.29 is 4.74 Å². The number of nitrogens with zero attached hydrogens (tertiary/aromatic N) is 1. The van der Waals surface area contributed by atoms with Crippen molar-refractivity contribution in [1.29, 1.82) is 0 Å². The number of rotatable bonds is 2. The summed E-state index contributed by atoms with van der Waals surface area (Å²) < 4.78 is 5.51. The maximum Gasteiger partial charge on any atom is 0.0667 e. The minimum absolute atomic E-state index is 0.383. The van der Waals surface area contributed by atoms with Gasteiger partial charge in [0.15, 0.2) is 0 Å². The molecule has 19 heavy (non-hydrogen) atoms. The Morgan fingerprint density at radius 1 is 1.37 bits per heavy atom. The van der Waals surface area contributed by atoms with Crippen molar-refractivity contribution in [1.82, 2.24) is 4.98 Å². The van der Waals surface area contributed by atoms with Gasteiger partial charge in [0.2, 0.25) is 0 Å². The summed E-state index contributed by atoms with van der Waals surface area (Å²) in [7, 11) is 0. The van der Waals surface area contributed by atoms with E-state index in [0.717, 1.165) is 53.9 Å². The van der Waals surface area contributed by atoms with Crippen molar-refractivity contribution in [3.05, 3.63) is 30.1 Å². The third-order valence-electron chi connectivity index (χ3n) is 3.59. The van der Waals surface area contributed by atoms with Crippen LogP contribution in [0.1, 0.15) is 18.5 Å². The Morgan fingerprint density at radius 3 is 3.05 bits per heavy atom. The number of hydrogen-bond acceptors (Lipinski definition) is 4. The highest BCUT2D eigenvalue weighted by molar-refractivity contribution is 6.00. The van der Waals surface area contributed by atoms with Crippen LogP contribution in [0.5, 0.6) is 0 Å². The Morgan fingerprint density at radius 2 is 2.26 bits per heavy atom. The number of benzene rings is 1. The van der Waals surface area contributed by atoms with Crippen molar-refractivity contribution in [2.45, 2.75) is 25.8 Å². The standard InChI is InChI=1S/C15H19N3O/c1-10-7-12-13(8-17-10)14(16)4-5-15(12)18-11-3-2-6-19-9-11/h4-5,7-8,11,18H,2-3,6,9,16H2,1H3. The monoisotopic (exact) mass is 257 g/mol. The summed E-state index contributed by atoms with van der Waals surface area (Å²) >= 11 is 0. The molecule has 2 heterocycles. The maximum absolute atomic E-state index is 6.02. The second kappa shape index (κ2) is 5.05. The lowest BCUT2D eigenvalue weighted by Crippen LogP contribution is -2.30. The molecule has 3 N–H and O–H groups in total. The SMILES string of the molecule is Cc1cc2c(NC3CCCOC3)ccc(N)c2cn1. The molecule has 0 amide bonds. The van der Waals surface area contributed by atoms with Gasteiger partial charge in [-0.25, -0.2) is 0 Å². The van der Waals surface area contributed by atoms with Gasteiger partial charge in [0.1, 0.15) is 0 Å². The minimum Gasteiger partial charge on any atom is -0.398 e. The number of pyridine rings is 1. The Hall–Kier alpha value is -1.81. The van der Waals surface area contributed by atoms with Gasteiger partial charge in [-0.05, 0) is 38.0 Å². The van der Waals surface area contributed by atoms with E-state index in [1.165, 1.54) is 0 Å². The van der Waals surface area contributed by atoms with E-state index >= 15 is 0 Å². The molecule has 100 valence electrons. The lowest BCUT2D eigenvalue weighted by molar-refractivity contribution is 0.0876. The zero-order chi connectivity index (χ0) is 13.2. The van der Waals surface area contributed by atoms with E-state index < -0.39 is 0 Å². The van der Waals surface area contributed by atoms with E-state index in [4.69, 9.17) is 10.5 Å². The number of anilines is 2. The lowest BCUT2D eigenvalue weighted by Gasteiger charge is -2.25. The molecule has 1 atom stereocenters. The molecule has 2 aromatic rings. The molecule has 1 aromatic heterocycles. The quantitative estimate of drug-likeness (QED) is 0.812. The number of aromatic nitrogens is 1. The average molecular weight is 257 g/mol. The third kappa shape index (κ3) is 2.49. The van der Waals surface area contributed by atoms with Crippen LogP contribution in [-0.4, -0.2) is 24.2 Å². The van der Waals surface area contributed by atoms with E-state index in [2.05, 4.69) is 16.4 Å². The highest BCUT2D eigenvalue weighted by atomic mass is 16.5. The molecule has 1 fully saturated rings. The van der Waals surface area contributed by atoms with Crippen LogP contribution < -0.4 is 11.1 Å². The molecule has 0 spiro atoms. The summed E-state index contributed by atoms with van der Waals surface area (Å²) in [6.07, 6.45) is 4.11. The summed E-state index contributed by atoms with van der Waals surface area (Å²) in [5, 5.41) is 5.71. The number of ether oxygens (including phenoxy) is 1. The summed E-state index contributed by atoms with van der Waals surface area (Å²) in [5.74, 6) is 0. The van der Waals surface area contributed by atoms with Crippen molar-refractivity contribution in [2.75, 3.05) is 24.3 Å². The molecule has 1 aliphatic heterocycles. The Balaban J connectivity index is 1.98. The van der Waals surface area contributed by atoms with Gasteiger partial charge >= 0.3 is 0 Å². The number of hydrogen-bond donors (Lipinski definition) is 2. The summed E-state index contributed by atoms with van der Waals surface area (Å²) in [6.45, 7) is 3.65. The second-order valence-corrected chi connectivity index (χ2v) is 5.13. The summed E-state index contributed by atoms with van der Waals surface area (Å²) in [4.78, 5) is 4.32. The number of nitrogens with two attached hydrogens (primary N) is 1. The smallest absolute Gasteiger partial charge is 0.0667 e. The van der Waals surface area contributed by atoms with Gasteiger partial charge in [-0.3, -0.25) is 4.98 Å². The molecular formula is C15H19N3O. The molecule has 0 aliphatic carbocycles. The van der Waals surface area contributed by atoms with Crippen LogP contribution >= 0.6 is 0 Å². The fraction of sp³-hybridized carbons (Fsp3) is 0.400. The van der Waals surface area contributed by atoms with Gasteiger partial charge in [-0.1, -0.05) is 0 Å². The predicted molar refractivity (Wildman–Crippen MR) is 78.4 cm³/mol. The molecule has 0 saturated carbocycles. The van der Waals surface area contributed by atoms with Crippen molar-refractivity contribution in [3.8, 4) is 0 Å². The molecule has 3 rings (SSSR count). The number of aryl methyl sites for hydroxylation is 1. The molecule has 1 saturated heterocycles. The zero-order valence-corrected chi connectivity index (χ0v) is 11.1. The molecule has 0 bridgehead atoms. The number of fused-ring (bicyclic) bond motifs is 1. The molecule has 4 heteroatoms. The molecule has 1 unspecified atom stereocenters. The minimum atomic E-state index is 0.383. The topological polar surface area (TPSA) is 60.2 Å². The van der Waals surface area contributed by atoms with Gasteiger partial charge in [-0.15, -0.1) is 0 Å². The van der Waals surface area contributed by atoms with Crippen molar-refractivity contribution in [3.63, 3.8) is 0 Å². The fourth-order valence-electron chi connectivity index (χ4n) is 2.57. The normalized spacial score (nSPS) is 19.5. The third-order valence-corrected chi connectivity index (χ3v) is 3.59. The van der Waals surface area contributed by atoms with Crippen LogP contribution in [0.2, 0.25) is 0 Å². The first-order valence-corrected chi connectivity index (χ1v) is 6.73. The molecule has 1 aromatic carbocycles. The first-order chi connectivity index (χ1) is 9.24. The first-order valence-electron chi connectivity index (χ1n) is 6.73. The maximum atomic E-state index is 6.02. The Labute approximate surface area is 113 Å². The highest BCUT2D eigenvalue weighted by Crippen LogP contribution is 2.29. The highest BCUT2D eigenvalue weighted by Gasteiger charge is 2.15. The van der Waals surface area contributed by atoms with Gasteiger partial charge in [-0.2, -0.15) is 0 Å². The Kier molecular flexibility index (Phi) is 3.25. The largest absolute Gasteiger partial charge is 0.398 e. The van der Waals surface area contributed by atoms with Crippen LogP contribution in [0.3, 0.4) is 0 Å². The van der Waals surface area contributed by atoms with E-state index in [9.17, 15) is 0 Å². The molecule has 4 nitrogen and oxygen atoms in total. The first kappa shape index (κ1) is 12.2. The van der Waals surface area contributed by atoms with Crippen LogP contribution in [0.25, 0.3) is 10.8 Å². The van der Waals surface area contributed by atoms with Crippen LogP contribution in [0.4, 0.5) is 11.4 Å². The van der Waals surface area contributed by atoms with Gasteiger partial charge < -0.3 is 15.8 Å². The van der Waals surface area contributed by atoms with Gasteiger partial charge in [0, 0.05) is 46.7 Å². The van der Waals surface area contributed by atoms with Crippen molar-refractivity contribution in [2.24, 2.45) is 0 Å². The summed E-state index contributed by atoms with van der Waals surface area (Å²) in [5.41, 5.74) is 8.90. The van der Waals surface area contributed by atoms with E-state index in [0.29, 0.717) is 6.04 Å².